The van der Waals surface area contributed by atoms with Crippen LogP contribution in [0, 0.1) is 6.92 Å². The third-order valence-corrected chi connectivity index (χ3v) is 5.12. The van der Waals surface area contributed by atoms with E-state index in [4.69, 9.17) is 11.6 Å². The van der Waals surface area contributed by atoms with E-state index < -0.39 is 0 Å². The minimum Gasteiger partial charge on any atom is -0.288 e. The molecule has 0 saturated heterocycles. The average molecular weight is 393 g/mol. The normalized spacial score (nSPS) is 11.4. The highest BCUT2D eigenvalue weighted by atomic mass is 79.9. The highest BCUT2D eigenvalue weighted by Crippen LogP contribution is 2.25. The van der Waals surface area contributed by atoms with Crippen LogP contribution in [-0.2, 0) is 0 Å². The molecule has 2 heterocycles. The predicted molar refractivity (Wildman–Crippen MR) is 96.9 cm³/mol. The first kappa shape index (κ1) is 15.4. The van der Waals surface area contributed by atoms with Crippen molar-refractivity contribution in [3.8, 4) is 0 Å². The van der Waals surface area contributed by atoms with Crippen molar-refractivity contribution in [2.45, 2.75) is 6.92 Å². The molecule has 0 bridgehead atoms. The standard InChI is InChI=1S/C17H11BrClNOS/c1-10-2-4-13-12(8-10)9-11(17(19)20-13)3-5-14(21)15-6-7-16(18)22-15/h2-9H,1H3/b5-3+. The Morgan fingerprint density at radius 3 is 2.82 bits per heavy atom. The van der Waals surface area contributed by atoms with Crippen LogP contribution in [0.5, 0.6) is 0 Å². The summed E-state index contributed by atoms with van der Waals surface area (Å²) in [6, 6.07) is 11.6. The minimum absolute atomic E-state index is 0.0453. The van der Waals surface area contributed by atoms with Gasteiger partial charge in [-0.05, 0) is 65.3 Å². The molecule has 3 aromatic rings. The SMILES string of the molecule is Cc1ccc2nc(Cl)c(/C=C/C(=O)c3ccc(Br)s3)cc2c1. The lowest BCUT2D eigenvalue weighted by atomic mass is 10.1. The van der Waals surface area contributed by atoms with E-state index in [1.54, 1.807) is 12.1 Å². The van der Waals surface area contributed by atoms with Crippen molar-refractivity contribution < 1.29 is 4.79 Å². The fourth-order valence-electron chi connectivity index (χ4n) is 2.10. The van der Waals surface area contributed by atoms with Crippen molar-refractivity contribution in [2.75, 3.05) is 0 Å². The summed E-state index contributed by atoms with van der Waals surface area (Å²) in [5.41, 5.74) is 2.75. The molecule has 0 amide bonds. The Bertz CT molecular complexity index is 901. The lowest BCUT2D eigenvalue weighted by Crippen LogP contribution is -1.90. The van der Waals surface area contributed by atoms with Crippen molar-refractivity contribution in [2.24, 2.45) is 0 Å². The van der Waals surface area contributed by atoms with Gasteiger partial charge < -0.3 is 0 Å². The number of aryl methyl sites for hydroxylation is 1. The quantitative estimate of drug-likeness (QED) is 0.315. The van der Waals surface area contributed by atoms with Crippen LogP contribution in [0.1, 0.15) is 20.8 Å². The highest BCUT2D eigenvalue weighted by Gasteiger charge is 2.07. The zero-order chi connectivity index (χ0) is 15.7. The van der Waals surface area contributed by atoms with Gasteiger partial charge in [0, 0.05) is 10.9 Å². The fraction of sp³-hybridized carbons (Fsp3) is 0.0588. The van der Waals surface area contributed by atoms with E-state index in [1.165, 1.54) is 17.4 Å². The van der Waals surface area contributed by atoms with Crippen LogP contribution in [0.25, 0.3) is 17.0 Å². The van der Waals surface area contributed by atoms with Gasteiger partial charge in [-0.3, -0.25) is 4.79 Å². The number of nitrogens with zero attached hydrogens (tertiary/aromatic N) is 1. The Kier molecular flexibility index (Phi) is 4.43. The Hall–Kier alpha value is -1.49. The molecule has 0 aliphatic heterocycles. The Morgan fingerprint density at radius 1 is 1.27 bits per heavy atom. The molecule has 0 fully saturated rings. The molecule has 110 valence electrons. The number of carbonyl (C=O) groups excluding carboxylic acids is 1. The first-order chi connectivity index (χ1) is 10.5. The number of aromatic nitrogens is 1. The maximum atomic E-state index is 12.1. The maximum absolute atomic E-state index is 12.1. The lowest BCUT2D eigenvalue weighted by molar-refractivity contribution is 0.105. The second kappa shape index (κ2) is 6.32. The molecule has 0 spiro atoms. The van der Waals surface area contributed by atoms with Crippen LogP contribution in [0.3, 0.4) is 0 Å². The molecule has 0 aliphatic carbocycles. The molecule has 0 aliphatic rings. The van der Waals surface area contributed by atoms with Crippen LogP contribution in [-0.4, -0.2) is 10.8 Å². The number of ketones is 1. The molecule has 5 heteroatoms. The topological polar surface area (TPSA) is 30.0 Å². The van der Waals surface area contributed by atoms with Gasteiger partial charge >= 0.3 is 0 Å². The number of halogens is 2. The molecular weight excluding hydrogens is 382 g/mol. The van der Waals surface area contributed by atoms with Crippen molar-refractivity contribution in [1.82, 2.24) is 4.98 Å². The largest absolute Gasteiger partial charge is 0.288 e. The number of rotatable bonds is 3. The van der Waals surface area contributed by atoms with Gasteiger partial charge in [0.15, 0.2) is 5.78 Å². The number of pyridine rings is 1. The summed E-state index contributed by atoms with van der Waals surface area (Å²) in [6.07, 6.45) is 3.25. The first-order valence-electron chi connectivity index (χ1n) is 6.57. The van der Waals surface area contributed by atoms with E-state index in [1.807, 2.05) is 37.3 Å². The highest BCUT2D eigenvalue weighted by molar-refractivity contribution is 9.11. The van der Waals surface area contributed by atoms with Crippen molar-refractivity contribution in [1.29, 1.82) is 0 Å². The monoisotopic (exact) mass is 391 g/mol. The Labute approximate surface area is 145 Å². The number of benzene rings is 1. The van der Waals surface area contributed by atoms with Gasteiger partial charge in [-0.2, -0.15) is 0 Å². The number of hydrogen-bond donors (Lipinski definition) is 0. The van der Waals surface area contributed by atoms with Crippen molar-refractivity contribution >= 4 is 61.6 Å². The third kappa shape index (κ3) is 3.29. The number of allylic oxidation sites excluding steroid dienone is 1. The van der Waals surface area contributed by atoms with Crippen molar-refractivity contribution in [3.63, 3.8) is 0 Å². The third-order valence-electron chi connectivity index (χ3n) is 3.18. The molecule has 0 unspecified atom stereocenters. The predicted octanol–water partition coefficient (Wildman–Crippen LogP) is 5.92. The van der Waals surface area contributed by atoms with Crippen LogP contribution in [0.2, 0.25) is 5.15 Å². The molecule has 3 rings (SSSR count). The van der Waals surface area contributed by atoms with Gasteiger partial charge in [-0.1, -0.05) is 23.2 Å². The Morgan fingerprint density at radius 2 is 2.09 bits per heavy atom. The first-order valence-corrected chi connectivity index (χ1v) is 8.56. The number of carbonyl (C=O) groups is 1. The fourth-order valence-corrected chi connectivity index (χ4v) is 3.61. The second-order valence-electron chi connectivity index (χ2n) is 4.87. The van der Waals surface area contributed by atoms with Crippen LogP contribution in [0.4, 0.5) is 0 Å². The van der Waals surface area contributed by atoms with Gasteiger partial charge in [0.2, 0.25) is 0 Å². The molecule has 22 heavy (non-hydrogen) atoms. The van der Waals surface area contributed by atoms with E-state index in [2.05, 4.69) is 20.9 Å². The van der Waals surface area contributed by atoms with Gasteiger partial charge in [0.05, 0.1) is 14.2 Å². The summed E-state index contributed by atoms with van der Waals surface area (Å²) in [4.78, 5) is 17.2. The summed E-state index contributed by atoms with van der Waals surface area (Å²) in [5, 5.41) is 1.41. The minimum atomic E-state index is -0.0453. The van der Waals surface area contributed by atoms with E-state index in [0.717, 1.165) is 25.8 Å². The van der Waals surface area contributed by atoms with Crippen LogP contribution < -0.4 is 0 Å². The smallest absolute Gasteiger partial charge is 0.195 e. The summed E-state index contributed by atoms with van der Waals surface area (Å²) < 4.78 is 0.935. The zero-order valence-electron chi connectivity index (χ0n) is 11.6. The summed E-state index contributed by atoms with van der Waals surface area (Å²) in [5.74, 6) is -0.0453. The zero-order valence-corrected chi connectivity index (χ0v) is 14.8. The molecule has 2 aromatic heterocycles. The van der Waals surface area contributed by atoms with Crippen LogP contribution >= 0.6 is 38.9 Å². The second-order valence-corrected chi connectivity index (χ2v) is 7.69. The number of thiophene rings is 1. The molecular formula is C17H11BrClNOS. The summed E-state index contributed by atoms with van der Waals surface area (Å²) >= 11 is 11.0. The van der Waals surface area contributed by atoms with Gasteiger partial charge in [0.25, 0.3) is 0 Å². The van der Waals surface area contributed by atoms with E-state index in [-0.39, 0.29) is 5.78 Å². The van der Waals surface area contributed by atoms with E-state index in [9.17, 15) is 4.79 Å². The maximum Gasteiger partial charge on any atom is 0.195 e. The molecule has 1 aromatic carbocycles. The lowest BCUT2D eigenvalue weighted by Gasteiger charge is -2.03. The number of hydrogen-bond acceptors (Lipinski definition) is 3. The van der Waals surface area contributed by atoms with E-state index >= 15 is 0 Å². The number of fused-ring (bicyclic) bond motifs is 1. The van der Waals surface area contributed by atoms with Gasteiger partial charge in [-0.15, -0.1) is 11.3 Å². The molecule has 0 radical (unpaired) electrons. The summed E-state index contributed by atoms with van der Waals surface area (Å²) in [7, 11) is 0. The van der Waals surface area contributed by atoms with Crippen LogP contribution in [0.15, 0.2) is 46.3 Å². The van der Waals surface area contributed by atoms with E-state index in [0.29, 0.717) is 10.0 Å². The van der Waals surface area contributed by atoms with Crippen molar-refractivity contribution in [3.05, 3.63) is 67.4 Å². The molecule has 0 saturated carbocycles. The van der Waals surface area contributed by atoms with Gasteiger partial charge in [-0.25, -0.2) is 4.98 Å². The average Bonchev–Trinajstić information content (AvgIpc) is 2.92. The summed E-state index contributed by atoms with van der Waals surface area (Å²) in [6.45, 7) is 2.03. The Balaban J connectivity index is 1.94. The van der Waals surface area contributed by atoms with Gasteiger partial charge in [0.1, 0.15) is 5.15 Å². The molecule has 2 nitrogen and oxygen atoms in total. The molecule has 0 atom stereocenters. The molecule has 0 N–H and O–H groups in total.